The topological polar surface area (TPSA) is 80.3 Å². The second-order valence-electron chi connectivity index (χ2n) is 7.71. The number of carbonyl (C=O) groups is 2. The maximum atomic E-state index is 13.4. The molecule has 2 aromatic rings. The number of ether oxygens (including phenoxy) is 1. The van der Waals surface area contributed by atoms with E-state index in [1.807, 2.05) is 50.2 Å². The van der Waals surface area contributed by atoms with Gasteiger partial charge in [-0.3, -0.25) is 9.59 Å². The summed E-state index contributed by atoms with van der Waals surface area (Å²) in [5.74, 6) is 0.626. The molecular formula is C24H25N3O3. The number of amides is 1. The highest BCUT2D eigenvalue weighted by Gasteiger charge is 2.38. The number of aromatic nitrogens is 1. The molecule has 4 rings (SSSR count). The monoisotopic (exact) mass is 403 g/mol. The maximum Gasteiger partial charge on any atom is 0.255 e. The Labute approximate surface area is 176 Å². The molecule has 2 aliphatic rings. The van der Waals surface area contributed by atoms with E-state index in [1.54, 1.807) is 13.3 Å². The largest absolute Gasteiger partial charge is 0.497 e. The molecule has 6 nitrogen and oxygen atoms in total. The van der Waals surface area contributed by atoms with Gasteiger partial charge in [0.15, 0.2) is 5.78 Å². The average molecular weight is 403 g/mol. The van der Waals surface area contributed by atoms with Gasteiger partial charge in [0.2, 0.25) is 0 Å². The zero-order chi connectivity index (χ0) is 21.3. The van der Waals surface area contributed by atoms with Gasteiger partial charge < -0.3 is 15.4 Å². The normalized spacial score (nSPS) is 18.6. The van der Waals surface area contributed by atoms with Crippen molar-refractivity contribution in [2.75, 3.05) is 12.4 Å². The van der Waals surface area contributed by atoms with Crippen LogP contribution in [0, 0.1) is 6.92 Å². The average Bonchev–Trinajstić information content (AvgIpc) is 2.73. The Morgan fingerprint density at radius 3 is 2.63 bits per heavy atom. The molecule has 0 radical (unpaired) electrons. The number of aryl methyl sites for hydroxylation is 1. The predicted octanol–water partition coefficient (Wildman–Crippen LogP) is 4.01. The summed E-state index contributed by atoms with van der Waals surface area (Å²) in [6, 6.07) is 11.3. The fraction of sp³-hybridized carbons (Fsp3) is 0.292. The predicted molar refractivity (Wildman–Crippen MR) is 115 cm³/mol. The third kappa shape index (κ3) is 3.73. The number of methoxy groups -OCH3 is 1. The highest BCUT2D eigenvalue weighted by molar-refractivity contribution is 6.09. The van der Waals surface area contributed by atoms with Crippen molar-refractivity contribution < 1.29 is 14.3 Å². The number of rotatable bonds is 4. The molecule has 1 atom stereocenters. The van der Waals surface area contributed by atoms with Crippen LogP contribution < -0.4 is 15.4 Å². The minimum Gasteiger partial charge on any atom is -0.497 e. The lowest BCUT2D eigenvalue weighted by Crippen LogP contribution is -2.35. The van der Waals surface area contributed by atoms with E-state index in [1.165, 1.54) is 0 Å². The van der Waals surface area contributed by atoms with Crippen LogP contribution in [0.1, 0.15) is 43.2 Å². The van der Waals surface area contributed by atoms with E-state index in [4.69, 9.17) is 4.74 Å². The maximum absolute atomic E-state index is 13.4. The van der Waals surface area contributed by atoms with Crippen LogP contribution in [0.15, 0.2) is 65.1 Å². The van der Waals surface area contributed by atoms with Crippen molar-refractivity contribution in [3.05, 3.63) is 76.3 Å². The SMILES string of the molecule is COc1ccc(C2C(C(=O)Nc3cc(C)ccn3)=C(C)NC3=C2C(=O)CCC3)cc1. The number of ketones is 1. The van der Waals surface area contributed by atoms with Crippen molar-refractivity contribution in [3.63, 3.8) is 0 Å². The molecule has 1 unspecified atom stereocenters. The summed E-state index contributed by atoms with van der Waals surface area (Å²) >= 11 is 0. The molecule has 2 N–H and O–H groups in total. The van der Waals surface area contributed by atoms with Crippen molar-refractivity contribution >= 4 is 17.5 Å². The van der Waals surface area contributed by atoms with E-state index in [0.717, 1.165) is 41.1 Å². The first kappa shape index (κ1) is 19.9. The van der Waals surface area contributed by atoms with Crippen molar-refractivity contribution in [1.29, 1.82) is 0 Å². The first-order valence-electron chi connectivity index (χ1n) is 10.1. The number of anilines is 1. The van der Waals surface area contributed by atoms with Gasteiger partial charge in [0.25, 0.3) is 5.91 Å². The van der Waals surface area contributed by atoms with Gasteiger partial charge >= 0.3 is 0 Å². The number of dihydropyridines is 1. The number of carbonyl (C=O) groups excluding carboxylic acids is 2. The van der Waals surface area contributed by atoms with Crippen molar-refractivity contribution in [3.8, 4) is 5.75 Å². The molecule has 154 valence electrons. The second-order valence-corrected chi connectivity index (χ2v) is 7.71. The summed E-state index contributed by atoms with van der Waals surface area (Å²) < 4.78 is 5.28. The number of benzene rings is 1. The van der Waals surface area contributed by atoms with E-state index in [-0.39, 0.29) is 11.7 Å². The van der Waals surface area contributed by atoms with Gasteiger partial charge in [-0.1, -0.05) is 12.1 Å². The molecular weight excluding hydrogens is 378 g/mol. The van der Waals surface area contributed by atoms with Crippen molar-refractivity contribution in [2.24, 2.45) is 0 Å². The van der Waals surface area contributed by atoms with E-state index in [2.05, 4.69) is 15.6 Å². The molecule has 1 amide bonds. The number of nitrogens with zero attached hydrogens (tertiary/aromatic N) is 1. The van der Waals surface area contributed by atoms with E-state index >= 15 is 0 Å². The van der Waals surface area contributed by atoms with Crippen LogP contribution in [0.5, 0.6) is 5.75 Å². The summed E-state index contributed by atoms with van der Waals surface area (Å²) in [5.41, 5.74) is 4.81. The lowest BCUT2D eigenvalue weighted by Gasteiger charge is -2.34. The molecule has 2 heterocycles. The summed E-state index contributed by atoms with van der Waals surface area (Å²) in [5, 5.41) is 6.24. The minimum atomic E-state index is -0.426. The zero-order valence-electron chi connectivity index (χ0n) is 17.4. The van der Waals surface area contributed by atoms with Crippen LogP contribution in [-0.4, -0.2) is 23.8 Å². The highest BCUT2D eigenvalue weighted by atomic mass is 16.5. The van der Waals surface area contributed by atoms with E-state index in [9.17, 15) is 9.59 Å². The van der Waals surface area contributed by atoms with Crippen LogP contribution in [0.4, 0.5) is 5.82 Å². The van der Waals surface area contributed by atoms with Crippen LogP contribution in [0.3, 0.4) is 0 Å². The van der Waals surface area contributed by atoms with Crippen LogP contribution >= 0.6 is 0 Å². The fourth-order valence-corrected chi connectivity index (χ4v) is 4.20. The number of pyridine rings is 1. The van der Waals surface area contributed by atoms with Crippen LogP contribution in [0.25, 0.3) is 0 Å². The summed E-state index contributed by atoms with van der Waals surface area (Å²) in [6.45, 7) is 3.83. The summed E-state index contributed by atoms with van der Waals surface area (Å²) in [6.07, 6.45) is 3.79. The van der Waals surface area contributed by atoms with Gasteiger partial charge in [0.1, 0.15) is 11.6 Å². The molecule has 6 heteroatoms. The Kier molecular flexibility index (Phi) is 5.40. The smallest absolute Gasteiger partial charge is 0.255 e. The van der Waals surface area contributed by atoms with Crippen LogP contribution in [-0.2, 0) is 9.59 Å². The number of nitrogens with one attached hydrogen (secondary N) is 2. The number of allylic oxidation sites excluding steroid dienone is 3. The Morgan fingerprint density at radius 2 is 1.93 bits per heavy atom. The summed E-state index contributed by atoms with van der Waals surface area (Å²) in [4.78, 5) is 30.5. The Hall–Kier alpha value is -3.41. The highest BCUT2D eigenvalue weighted by Crippen LogP contribution is 2.42. The lowest BCUT2D eigenvalue weighted by atomic mass is 9.75. The van der Waals surface area contributed by atoms with Gasteiger partial charge in [-0.15, -0.1) is 0 Å². The lowest BCUT2D eigenvalue weighted by molar-refractivity contribution is -0.116. The minimum absolute atomic E-state index is 0.0936. The number of Topliss-reactive ketones (excluding diaryl/α,β-unsaturated/α-hetero) is 1. The van der Waals surface area contributed by atoms with Gasteiger partial charge in [-0.2, -0.15) is 0 Å². The first-order valence-corrected chi connectivity index (χ1v) is 10.1. The molecule has 30 heavy (non-hydrogen) atoms. The Morgan fingerprint density at radius 1 is 1.17 bits per heavy atom. The number of hydrogen-bond donors (Lipinski definition) is 2. The van der Waals surface area contributed by atoms with Gasteiger partial charge in [-0.25, -0.2) is 4.98 Å². The molecule has 0 spiro atoms. The standard InChI is InChI=1S/C24H25N3O3/c1-14-11-12-25-20(13-14)27-24(29)21-15(2)26-18-5-4-6-19(28)23(18)22(21)16-7-9-17(30-3)10-8-16/h7-13,22,26H,4-6H2,1-3H3,(H,25,27,29). The Bertz CT molecular complexity index is 1070. The molecule has 1 aliphatic heterocycles. The molecule has 0 saturated heterocycles. The fourth-order valence-electron chi connectivity index (χ4n) is 4.20. The molecule has 1 aromatic heterocycles. The second kappa shape index (κ2) is 8.14. The summed E-state index contributed by atoms with van der Waals surface area (Å²) in [7, 11) is 1.61. The molecule has 0 saturated carbocycles. The van der Waals surface area contributed by atoms with Crippen molar-refractivity contribution in [2.45, 2.75) is 39.0 Å². The van der Waals surface area contributed by atoms with Gasteiger partial charge in [0.05, 0.1) is 7.11 Å². The zero-order valence-corrected chi connectivity index (χ0v) is 17.4. The Balaban J connectivity index is 1.77. The molecule has 1 aromatic carbocycles. The molecule has 0 fully saturated rings. The van der Waals surface area contributed by atoms with E-state index in [0.29, 0.717) is 23.4 Å². The quantitative estimate of drug-likeness (QED) is 0.806. The van der Waals surface area contributed by atoms with Crippen LogP contribution in [0.2, 0.25) is 0 Å². The third-order valence-electron chi connectivity index (χ3n) is 5.63. The van der Waals surface area contributed by atoms with Crippen molar-refractivity contribution in [1.82, 2.24) is 10.3 Å². The molecule has 0 bridgehead atoms. The van der Waals surface area contributed by atoms with E-state index < -0.39 is 5.92 Å². The first-order chi connectivity index (χ1) is 14.5. The van der Waals surface area contributed by atoms with Gasteiger partial charge in [0, 0.05) is 41.1 Å². The van der Waals surface area contributed by atoms with Gasteiger partial charge in [-0.05, 0) is 62.1 Å². The number of hydrogen-bond acceptors (Lipinski definition) is 5. The molecule has 1 aliphatic carbocycles. The third-order valence-corrected chi connectivity index (χ3v) is 5.63.